The first-order valence-electron chi connectivity index (χ1n) is 11.9. The Hall–Kier alpha value is -3.74. The Morgan fingerprint density at radius 1 is 1.11 bits per heavy atom. The molecule has 2 atom stereocenters. The molecule has 2 aromatic heterocycles. The number of methoxy groups -OCH3 is 1. The molecular weight excluding hydrogens is 442 g/mol. The quantitative estimate of drug-likeness (QED) is 0.468. The van der Waals surface area contributed by atoms with E-state index in [0.29, 0.717) is 17.9 Å². The molecule has 3 aromatic rings. The smallest absolute Gasteiger partial charge is 0.307 e. The SMILES string of the molecule is COC(=O)CC(NC(=O)C(CC1CC1)n1ccccc1=O)c1cncc(-c2c(C)cccc2C)c1. The van der Waals surface area contributed by atoms with Gasteiger partial charge in [-0.1, -0.05) is 37.1 Å². The van der Waals surface area contributed by atoms with Gasteiger partial charge >= 0.3 is 5.97 Å². The van der Waals surface area contributed by atoms with Crippen LogP contribution in [0.2, 0.25) is 0 Å². The lowest BCUT2D eigenvalue weighted by Crippen LogP contribution is -2.39. The van der Waals surface area contributed by atoms with Gasteiger partial charge in [0, 0.05) is 30.2 Å². The number of hydrogen-bond acceptors (Lipinski definition) is 5. The van der Waals surface area contributed by atoms with Gasteiger partial charge in [0.25, 0.3) is 5.56 Å². The van der Waals surface area contributed by atoms with Crippen molar-refractivity contribution < 1.29 is 14.3 Å². The molecule has 7 heteroatoms. The van der Waals surface area contributed by atoms with Crippen molar-refractivity contribution in [1.29, 1.82) is 0 Å². The zero-order valence-electron chi connectivity index (χ0n) is 20.4. The standard InChI is InChI=1S/C28H31N3O4/c1-18-7-6-8-19(2)27(18)22-14-21(16-29-17-22)23(15-26(33)35-3)30-28(34)24(13-20-10-11-20)31-12-5-4-9-25(31)32/h4-9,12,14,16-17,20,23-24H,10-11,13,15H2,1-3H3,(H,30,34). The molecule has 1 aliphatic rings. The first kappa shape index (κ1) is 24.4. The highest BCUT2D eigenvalue weighted by atomic mass is 16.5. The molecule has 2 heterocycles. The number of aromatic nitrogens is 2. The van der Waals surface area contributed by atoms with Crippen LogP contribution in [0.4, 0.5) is 0 Å². The van der Waals surface area contributed by atoms with Gasteiger partial charge in [0.2, 0.25) is 5.91 Å². The van der Waals surface area contributed by atoms with Crippen molar-refractivity contribution in [3.8, 4) is 11.1 Å². The Morgan fingerprint density at radius 2 is 1.86 bits per heavy atom. The summed E-state index contributed by atoms with van der Waals surface area (Å²) in [7, 11) is 1.33. The van der Waals surface area contributed by atoms with Crippen LogP contribution < -0.4 is 10.9 Å². The largest absolute Gasteiger partial charge is 0.469 e. The molecule has 35 heavy (non-hydrogen) atoms. The maximum atomic E-state index is 13.5. The molecule has 1 aliphatic carbocycles. The van der Waals surface area contributed by atoms with E-state index in [9.17, 15) is 14.4 Å². The van der Waals surface area contributed by atoms with Crippen LogP contribution in [-0.4, -0.2) is 28.5 Å². The minimum Gasteiger partial charge on any atom is -0.469 e. The summed E-state index contributed by atoms with van der Waals surface area (Å²) in [6.07, 6.45) is 7.75. The van der Waals surface area contributed by atoms with Crippen molar-refractivity contribution in [3.63, 3.8) is 0 Å². The first-order chi connectivity index (χ1) is 16.9. The summed E-state index contributed by atoms with van der Waals surface area (Å²) >= 11 is 0. The van der Waals surface area contributed by atoms with Crippen LogP contribution in [0.5, 0.6) is 0 Å². The molecule has 4 rings (SSSR count). The lowest BCUT2D eigenvalue weighted by molar-refractivity contribution is -0.141. The number of aryl methyl sites for hydroxylation is 2. The van der Waals surface area contributed by atoms with Gasteiger partial charge < -0.3 is 14.6 Å². The van der Waals surface area contributed by atoms with Gasteiger partial charge in [-0.2, -0.15) is 0 Å². The second-order valence-electron chi connectivity index (χ2n) is 9.26. The molecule has 1 aromatic carbocycles. The molecule has 0 radical (unpaired) electrons. The average Bonchev–Trinajstić information content (AvgIpc) is 3.67. The van der Waals surface area contributed by atoms with Crippen molar-refractivity contribution in [2.24, 2.45) is 5.92 Å². The third-order valence-corrected chi connectivity index (χ3v) is 6.59. The molecule has 7 nitrogen and oxygen atoms in total. The normalized spacial score (nSPS) is 14.7. The number of esters is 1. The van der Waals surface area contributed by atoms with Crippen molar-refractivity contribution in [2.75, 3.05) is 7.11 Å². The number of nitrogens with one attached hydrogen (secondary N) is 1. The number of amides is 1. The van der Waals surface area contributed by atoms with Crippen molar-refractivity contribution >= 4 is 11.9 Å². The zero-order valence-corrected chi connectivity index (χ0v) is 20.4. The summed E-state index contributed by atoms with van der Waals surface area (Å²) in [6.45, 7) is 4.09. The second-order valence-corrected chi connectivity index (χ2v) is 9.26. The first-order valence-corrected chi connectivity index (χ1v) is 11.9. The van der Waals surface area contributed by atoms with Gasteiger partial charge in [0.1, 0.15) is 6.04 Å². The molecular formula is C28H31N3O4. The number of benzene rings is 1. The van der Waals surface area contributed by atoms with Gasteiger partial charge in [0.05, 0.1) is 19.6 Å². The fourth-order valence-corrected chi connectivity index (χ4v) is 4.54. The molecule has 1 amide bonds. The minimum absolute atomic E-state index is 0.0417. The third-order valence-electron chi connectivity index (χ3n) is 6.59. The van der Waals surface area contributed by atoms with Crippen LogP contribution in [0.3, 0.4) is 0 Å². The molecule has 0 bridgehead atoms. The predicted molar refractivity (Wildman–Crippen MR) is 134 cm³/mol. The van der Waals surface area contributed by atoms with E-state index >= 15 is 0 Å². The molecule has 182 valence electrons. The molecule has 0 saturated heterocycles. The minimum atomic E-state index is -0.647. The van der Waals surface area contributed by atoms with Crippen LogP contribution >= 0.6 is 0 Å². The van der Waals surface area contributed by atoms with Crippen LogP contribution in [0.1, 0.15) is 54.5 Å². The van der Waals surface area contributed by atoms with E-state index in [1.807, 2.05) is 38.1 Å². The van der Waals surface area contributed by atoms with Crippen molar-refractivity contribution in [2.45, 2.75) is 51.6 Å². The number of ether oxygens (including phenoxy) is 1. The number of carbonyl (C=O) groups excluding carboxylic acids is 2. The zero-order chi connectivity index (χ0) is 24.9. The molecule has 1 fully saturated rings. The average molecular weight is 474 g/mol. The second kappa shape index (κ2) is 10.7. The number of rotatable bonds is 9. The molecule has 1 N–H and O–H groups in total. The monoisotopic (exact) mass is 473 g/mol. The van der Waals surface area contributed by atoms with E-state index in [2.05, 4.69) is 10.3 Å². The van der Waals surface area contributed by atoms with Gasteiger partial charge in [-0.15, -0.1) is 0 Å². The number of carbonyl (C=O) groups is 2. The third kappa shape index (κ3) is 5.85. The van der Waals surface area contributed by atoms with E-state index in [4.69, 9.17) is 4.74 Å². The van der Waals surface area contributed by atoms with E-state index in [0.717, 1.165) is 35.1 Å². The number of nitrogens with zero attached hydrogens (tertiary/aromatic N) is 2. The van der Waals surface area contributed by atoms with E-state index in [1.165, 1.54) is 17.7 Å². The van der Waals surface area contributed by atoms with Crippen LogP contribution in [0, 0.1) is 19.8 Å². The molecule has 0 spiro atoms. The number of hydrogen-bond donors (Lipinski definition) is 1. The Morgan fingerprint density at radius 3 is 2.51 bits per heavy atom. The summed E-state index contributed by atoms with van der Waals surface area (Å²) in [6, 6.07) is 11.6. The van der Waals surface area contributed by atoms with E-state index < -0.39 is 18.1 Å². The summed E-state index contributed by atoms with van der Waals surface area (Å²) in [5, 5.41) is 3.03. The Labute approximate surface area is 205 Å². The maximum Gasteiger partial charge on any atom is 0.307 e. The van der Waals surface area contributed by atoms with Crippen LogP contribution in [0.15, 0.2) is 65.8 Å². The molecule has 1 saturated carbocycles. The number of pyridine rings is 2. The maximum absolute atomic E-state index is 13.5. The Bertz CT molecular complexity index is 1260. The topological polar surface area (TPSA) is 90.3 Å². The Kier molecular flexibility index (Phi) is 7.44. The highest BCUT2D eigenvalue weighted by molar-refractivity contribution is 5.82. The highest BCUT2D eigenvalue weighted by Gasteiger charge is 2.32. The lowest BCUT2D eigenvalue weighted by atomic mass is 9.94. The molecule has 0 aliphatic heterocycles. The summed E-state index contributed by atoms with van der Waals surface area (Å²) in [5.41, 5.74) is 4.70. The molecule has 2 unspecified atom stereocenters. The van der Waals surface area contributed by atoms with Crippen molar-refractivity contribution in [3.05, 3.63) is 88.1 Å². The van der Waals surface area contributed by atoms with Gasteiger partial charge in [-0.05, 0) is 60.6 Å². The summed E-state index contributed by atoms with van der Waals surface area (Å²) in [4.78, 5) is 42.7. The lowest BCUT2D eigenvalue weighted by Gasteiger charge is -2.24. The fraction of sp³-hybridized carbons (Fsp3) is 0.357. The summed E-state index contributed by atoms with van der Waals surface area (Å²) < 4.78 is 6.39. The fourth-order valence-electron chi connectivity index (χ4n) is 4.54. The van der Waals surface area contributed by atoms with Gasteiger partial charge in [-0.25, -0.2) is 0 Å². The summed E-state index contributed by atoms with van der Waals surface area (Å²) in [5.74, 6) is -0.314. The van der Waals surface area contributed by atoms with E-state index in [1.54, 1.807) is 30.7 Å². The van der Waals surface area contributed by atoms with Gasteiger partial charge in [-0.3, -0.25) is 19.4 Å². The van der Waals surface area contributed by atoms with Gasteiger partial charge in [0.15, 0.2) is 0 Å². The highest BCUT2D eigenvalue weighted by Crippen LogP contribution is 2.37. The van der Waals surface area contributed by atoms with E-state index in [-0.39, 0.29) is 17.9 Å². The predicted octanol–water partition coefficient (Wildman–Crippen LogP) is 4.29. The van der Waals surface area contributed by atoms with Crippen LogP contribution in [0.25, 0.3) is 11.1 Å². The van der Waals surface area contributed by atoms with Crippen molar-refractivity contribution in [1.82, 2.24) is 14.9 Å². The Balaban J connectivity index is 1.67. The van der Waals surface area contributed by atoms with Crippen LogP contribution in [-0.2, 0) is 14.3 Å².